The van der Waals surface area contributed by atoms with Crippen LogP contribution in [0.5, 0.6) is 0 Å². The topological polar surface area (TPSA) is 57.5 Å². The molecule has 0 heterocycles. The SMILES string of the molecule is CCCCCCCCCCCCCC(C)C(O)C(=O)O. The molecule has 0 amide bonds. The molecule has 3 nitrogen and oxygen atoms in total. The summed E-state index contributed by atoms with van der Waals surface area (Å²) in [5.74, 6) is -1.23. The highest BCUT2D eigenvalue weighted by Crippen LogP contribution is 2.16. The molecule has 2 N–H and O–H groups in total. The molecule has 0 saturated heterocycles. The van der Waals surface area contributed by atoms with E-state index in [4.69, 9.17) is 5.11 Å². The number of hydrogen-bond donors (Lipinski definition) is 2. The lowest BCUT2D eigenvalue weighted by atomic mass is 9.96. The summed E-state index contributed by atoms with van der Waals surface area (Å²) in [5.41, 5.74) is 0. The minimum absolute atomic E-state index is 0.133. The van der Waals surface area contributed by atoms with Crippen molar-refractivity contribution in [2.45, 2.75) is 97.0 Å². The van der Waals surface area contributed by atoms with Gasteiger partial charge in [0.05, 0.1) is 0 Å². The number of aliphatic carboxylic acids is 1. The highest BCUT2D eigenvalue weighted by molar-refractivity contribution is 5.72. The van der Waals surface area contributed by atoms with Gasteiger partial charge in [-0.25, -0.2) is 4.79 Å². The molecule has 0 saturated carbocycles. The number of hydrogen-bond acceptors (Lipinski definition) is 2. The molecule has 2 atom stereocenters. The van der Waals surface area contributed by atoms with Gasteiger partial charge >= 0.3 is 5.97 Å². The molecule has 0 aliphatic rings. The van der Waals surface area contributed by atoms with E-state index in [2.05, 4.69) is 6.92 Å². The van der Waals surface area contributed by atoms with Crippen molar-refractivity contribution in [2.75, 3.05) is 0 Å². The Hall–Kier alpha value is -0.570. The zero-order valence-electron chi connectivity index (χ0n) is 13.4. The van der Waals surface area contributed by atoms with E-state index < -0.39 is 12.1 Å². The number of carboxylic acid groups (broad SMARTS) is 1. The van der Waals surface area contributed by atoms with E-state index in [0.717, 1.165) is 19.3 Å². The van der Waals surface area contributed by atoms with Crippen LogP contribution in [0.3, 0.4) is 0 Å². The Balaban J connectivity index is 3.22. The van der Waals surface area contributed by atoms with Gasteiger partial charge in [-0.3, -0.25) is 0 Å². The van der Waals surface area contributed by atoms with Crippen LogP contribution in [0.2, 0.25) is 0 Å². The van der Waals surface area contributed by atoms with Crippen LogP contribution in [0.4, 0.5) is 0 Å². The largest absolute Gasteiger partial charge is 0.479 e. The zero-order chi connectivity index (χ0) is 15.2. The summed E-state index contributed by atoms with van der Waals surface area (Å²) in [7, 11) is 0. The van der Waals surface area contributed by atoms with E-state index in [0.29, 0.717) is 0 Å². The second-order valence-electron chi connectivity index (χ2n) is 6.08. The average Bonchev–Trinajstić information content (AvgIpc) is 2.43. The van der Waals surface area contributed by atoms with Gasteiger partial charge in [0.2, 0.25) is 0 Å². The van der Waals surface area contributed by atoms with Crippen molar-refractivity contribution in [3.63, 3.8) is 0 Å². The van der Waals surface area contributed by atoms with E-state index in [1.54, 1.807) is 0 Å². The fraction of sp³-hybridized carbons (Fsp3) is 0.941. The second kappa shape index (κ2) is 13.4. The number of unbranched alkanes of at least 4 members (excludes halogenated alkanes) is 10. The molecule has 0 radical (unpaired) electrons. The Morgan fingerprint density at radius 1 is 0.850 bits per heavy atom. The van der Waals surface area contributed by atoms with Crippen molar-refractivity contribution >= 4 is 5.97 Å². The van der Waals surface area contributed by atoms with E-state index in [9.17, 15) is 9.90 Å². The number of rotatable bonds is 14. The predicted octanol–water partition coefficient (Wildman–Crippen LogP) is 4.77. The van der Waals surface area contributed by atoms with Crippen LogP contribution in [0.1, 0.15) is 90.9 Å². The van der Waals surface area contributed by atoms with Gasteiger partial charge in [0.25, 0.3) is 0 Å². The first-order valence-corrected chi connectivity index (χ1v) is 8.50. The third-order valence-corrected chi connectivity index (χ3v) is 4.06. The van der Waals surface area contributed by atoms with Crippen LogP contribution in [0.15, 0.2) is 0 Å². The van der Waals surface area contributed by atoms with Gasteiger partial charge in [0.1, 0.15) is 0 Å². The van der Waals surface area contributed by atoms with Crippen LogP contribution in [-0.4, -0.2) is 22.3 Å². The smallest absolute Gasteiger partial charge is 0.332 e. The Labute approximate surface area is 124 Å². The summed E-state index contributed by atoms with van der Waals surface area (Å²) >= 11 is 0. The number of carboxylic acids is 1. The number of carbonyl (C=O) groups is 1. The molecule has 2 unspecified atom stereocenters. The van der Waals surface area contributed by atoms with Crippen LogP contribution in [-0.2, 0) is 4.79 Å². The summed E-state index contributed by atoms with van der Waals surface area (Å²) in [4.78, 5) is 10.6. The summed E-state index contributed by atoms with van der Waals surface area (Å²) in [6.07, 6.45) is 13.9. The van der Waals surface area contributed by atoms with Crippen LogP contribution < -0.4 is 0 Å². The summed E-state index contributed by atoms with van der Waals surface area (Å²) in [5, 5.41) is 18.0. The maximum Gasteiger partial charge on any atom is 0.332 e. The lowest BCUT2D eigenvalue weighted by molar-refractivity contribution is -0.149. The standard InChI is InChI=1S/C17H34O3/c1-3-4-5-6-7-8-9-10-11-12-13-14-15(2)16(18)17(19)20/h15-16,18H,3-14H2,1-2H3,(H,19,20). The number of aliphatic hydroxyl groups is 1. The van der Waals surface area contributed by atoms with E-state index in [-0.39, 0.29) is 5.92 Å². The van der Waals surface area contributed by atoms with Crippen molar-refractivity contribution in [2.24, 2.45) is 5.92 Å². The van der Waals surface area contributed by atoms with Gasteiger partial charge in [-0.2, -0.15) is 0 Å². The minimum Gasteiger partial charge on any atom is -0.479 e. The molecule has 0 rings (SSSR count). The third kappa shape index (κ3) is 11.3. The Morgan fingerprint density at radius 2 is 1.25 bits per heavy atom. The molecule has 20 heavy (non-hydrogen) atoms. The predicted molar refractivity (Wildman–Crippen MR) is 83.9 cm³/mol. The highest BCUT2D eigenvalue weighted by Gasteiger charge is 2.20. The molecule has 0 aromatic carbocycles. The van der Waals surface area contributed by atoms with Crippen LogP contribution in [0.25, 0.3) is 0 Å². The maximum absolute atomic E-state index is 10.6. The van der Waals surface area contributed by atoms with Gasteiger partial charge in [0.15, 0.2) is 6.10 Å². The molecule has 0 aromatic heterocycles. The lowest BCUT2D eigenvalue weighted by Gasteiger charge is -2.14. The number of aliphatic hydroxyl groups excluding tert-OH is 1. The van der Waals surface area contributed by atoms with Gasteiger partial charge in [-0.1, -0.05) is 84.5 Å². The molecule has 0 spiro atoms. The summed E-state index contributed by atoms with van der Waals surface area (Å²) < 4.78 is 0. The Morgan fingerprint density at radius 3 is 1.65 bits per heavy atom. The maximum atomic E-state index is 10.6. The van der Waals surface area contributed by atoms with Gasteiger partial charge in [0, 0.05) is 0 Å². The quantitative estimate of drug-likeness (QED) is 0.452. The normalized spacial score (nSPS) is 14.2. The second-order valence-corrected chi connectivity index (χ2v) is 6.08. The minimum atomic E-state index is -1.20. The molecule has 0 bridgehead atoms. The first kappa shape index (κ1) is 19.4. The van der Waals surface area contributed by atoms with Crippen molar-refractivity contribution in [3.8, 4) is 0 Å². The Kier molecular flexibility index (Phi) is 13.0. The Bertz CT molecular complexity index is 228. The van der Waals surface area contributed by atoms with Crippen molar-refractivity contribution < 1.29 is 15.0 Å². The third-order valence-electron chi connectivity index (χ3n) is 4.06. The molecule has 0 aliphatic carbocycles. The zero-order valence-corrected chi connectivity index (χ0v) is 13.4. The summed E-state index contributed by atoms with van der Waals surface area (Å²) in [6.45, 7) is 4.06. The molecular weight excluding hydrogens is 252 g/mol. The van der Waals surface area contributed by atoms with E-state index >= 15 is 0 Å². The average molecular weight is 286 g/mol. The first-order chi connectivity index (χ1) is 9.59. The monoisotopic (exact) mass is 286 g/mol. The molecular formula is C17H34O3. The highest BCUT2D eigenvalue weighted by atomic mass is 16.4. The van der Waals surface area contributed by atoms with Crippen LogP contribution in [0, 0.1) is 5.92 Å². The van der Waals surface area contributed by atoms with Gasteiger partial charge < -0.3 is 10.2 Å². The van der Waals surface area contributed by atoms with Crippen molar-refractivity contribution in [3.05, 3.63) is 0 Å². The fourth-order valence-electron chi connectivity index (χ4n) is 2.53. The summed E-state index contributed by atoms with van der Waals surface area (Å²) in [6, 6.07) is 0. The first-order valence-electron chi connectivity index (χ1n) is 8.50. The molecule has 0 aliphatic heterocycles. The van der Waals surface area contributed by atoms with Crippen LogP contribution >= 0.6 is 0 Å². The molecule has 3 heteroatoms. The van der Waals surface area contributed by atoms with Crippen molar-refractivity contribution in [1.82, 2.24) is 0 Å². The lowest BCUT2D eigenvalue weighted by Crippen LogP contribution is -2.27. The molecule has 120 valence electrons. The fourth-order valence-corrected chi connectivity index (χ4v) is 2.53. The van der Waals surface area contributed by atoms with Gasteiger partial charge in [-0.15, -0.1) is 0 Å². The van der Waals surface area contributed by atoms with Crippen molar-refractivity contribution in [1.29, 1.82) is 0 Å². The molecule has 0 fully saturated rings. The van der Waals surface area contributed by atoms with Gasteiger partial charge in [-0.05, 0) is 12.3 Å². The van der Waals surface area contributed by atoms with E-state index in [1.165, 1.54) is 57.8 Å². The molecule has 0 aromatic rings. The van der Waals surface area contributed by atoms with E-state index in [1.807, 2.05) is 6.92 Å².